The number of nitrogens with zero attached hydrogens (tertiary/aromatic N) is 1. The Labute approximate surface area is 114 Å². The normalized spacial score (nSPS) is 29.2. The number of hydrogen-bond acceptors (Lipinski definition) is 4. The first-order chi connectivity index (χ1) is 9.06. The fourth-order valence-corrected chi connectivity index (χ4v) is 4.56. The highest BCUT2D eigenvalue weighted by molar-refractivity contribution is 7.87. The zero-order chi connectivity index (χ0) is 13.9. The van der Waals surface area contributed by atoms with Crippen LogP contribution in [-0.4, -0.2) is 51.4 Å². The smallest absolute Gasteiger partial charge is 0.279 e. The Morgan fingerprint density at radius 1 is 1.37 bits per heavy atom. The topological polar surface area (TPSA) is 75.7 Å². The van der Waals surface area contributed by atoms with Crippen molar-refractivity contribution in [1.29, 1.82) is 0 Å². The number of nitrogens with one attached hydrogen (secondary N) is 1. The Morgan fingerprint density at radius 2 is 2.16 bits per heavy atom. The summed E-state index contributed by atoms with van der Waals surface area (Å²) in [6, 6.07) is -0.143. The summed E-state index contributed by atoms with van der Waals surface area (Å²) >= 11 is 0. The van der Waals surface area contributed by atoms with Crippen molar-refractivity contribution in [2.24, 2.45) is 5.92 Å². The number of Topliss-reactive ketones (excluding diaryl/α,β-unsaturated/α-hetero) is 1. The van der Waals surface area contributed by atoms with Gasteiger partial charge in [-0.05, 0) is 25.7 Å². The highest BCUT2D eigenvalue weighted by atomic mass is 32.2. The van der Waals surface area contributed by atoms with Crippen molar-refractivity contribution in [1.82, 2.24) is 9.03 Å². The third-order valence-corrected chi connectivity index (χ3v) is 5.60. The molecule has 1 N–H and O–H groups in total. The molecule has 6 nitrogen and oxygen atoms in total. The molecule has 1 aliphatic heterocycles. The molecule has 110 valence electrons. The van der Waals surface area contributed by atoms with Crippen LogP contribution in [0, 0.1) is 5.92 Å². The van der Waals surface area contributed by atoms with Crippen molar-refractivity contribution >= 4 is 16.0 Å². The fourth-order valence-electron chi connectivity index (χ4n) is 3.07. The molecule has 0 radical (unpaired) electrons. The number of carbonyl (C=O) groups is 1. The third kappa shape index (κ3) is 3.34. The quantitative estimate of drug-likeness (QED) is 0.714. The van der Waals surface area contributed by atoms with Crippen LogP contribution in [0.4, 0.5) is 0 Å². The average molecular weight is 290 g/mol. The number of carbonyl (C=O) groups excluding carboxylic acids is 1. The lowest BCUT2D eigenvalue weighted by Crippen LogP contribution is -2.47. The molecule has 0 spiro atoms. The predicted molar refractivity (Wildman–Crippen MR) is 70.9 cm³/mol. The minimum Gasteiger partial charge on any atom is -0.383 e. The molecule has 1 saturated heterocycles. The van der Waals surface area contributed by atoms with Crippen LogP contribution in [0.2, 0.25) is 0 Å². The van der Waals surface area contributed by atoms with Gasteiger partial charge in [0.25, 0.3) is 10.2 Å². The van der Waals surface area contributed by atoms with Crippen LogP contribution in [-0.2, 0) is 19.7 Å². The summed E-state index contributed by atoms with van der Waals surface area (Å²) in [6.45, 7) is 1.12. The van der Waals surface area contributed by atoms with Gasteiger partial charge in [0.2, 0.25) is 0 Å². The molecule has 2 aliphatic rings. The van der Waals surface area contributed by atoms with Crippen LogP contribution < -0.4 is 4.72 Å². The van der Waals surface area contributed by atoms with Crippen molar-refractivity contribution in [3.8, 4) is 0 Å². The maximum atomic E-state index is 12.2. The summed E-state index contributed by atoms with van der Waals surface area (Å²) in [5.41, 5.74) is 0. The molecule has 1 aliphatic carbocycles. The predicted octanol–water partition coefficient (Wildman–Crippen LogP) is 0.301. The first-order valence-electron chi connectivity index (χ1n) is 6.84. The van der Waals surface area contributed by atoms with E-state index in [1.807, 2.05) is 0 Å². The van der Waals surface area contributed by atoms with Crippen LogP contribution >= 0.6 is 0 Å². The first kappa shape index (κ1) is 14.9. The minimum absolute atomic E-state index is 0.0958. The van der Waals surface area contributed by atoms with Crippen LogP contribution in [0.5, 0.6) is 0 Å². The molecule has 0 amide bonds. The zero-order valence-electron chi connectivity index (χ0n) is 11.3. The van der Waals surface area contributed by atoms with Gasteiger partial charge < -0.3 is 4.74 Å². The van der Waals surface area contributed by atoms with Crippen molar-refractivity contribution in [3.63, 3.8) is 0 Å². The molecule has 2 fully saturated rings. The van der Waals surface area contributed by atoms with Gasteiger partial charge in [0, 0.05) is 38.6 Å². The molecule has 2 rings (SSSR count). The largest absolute Gasteiger partial charge is 0.383 e. The highest BCUT2D eigenvalue weighted by Crippen LogP contribution is 2.34. The Bertz CT molecular complexity index is 423. The maximum absolute atomic E-state index is 12.2. The molecule has 2 unspecified atom stereocenters. The second kappa shape index (κ2) is 6.30. The van der Waals surface area contributed by atoms with Gasteiger partial charge in [-0.1, -0.05) is 0 Å². The second-order valence-electron chi connectivity index (χ2n) is 5.18. The van der Waals surface area contributed by atoms with Crippen LogP contribution in [0.15, 0.2) is 0 Å². The Kier molecular flexibility index (Phi) is 4.94. The zero-order valence-corrected chi connectivity index (χ0v) is 12.1. The van der Waals surface area contributed by atoms with Crippen molar-refractivity contribution < 1.29 is 17.9 Å². The summed E-state index contributed by atoms with van der Waals surface area (Å²) < 4.78 is 33.3. The van der Waals surface area contributed by atoms with E-state index in [1.54, 1.807) is 0 Å². The van der Waals surface area contributed by atoms with Crippen molar-refractivity contribution in [2.45, 2.75) is 38.1 Å². The van der Waals surface area contributed by atoms with Gasteiger partial charge in [0.1, 0.15) is 5.78 Å². The summed E-state index contributed by atoms with van der Waals surface area (Å²) in [5.74, 6) is 0.130. The molecule has 19 heavy (non-hydrogen) atoms. The molecule has 1 heterocycles. The van der Waals surface area contributed by atoms with Gasteiger partial charge in [-0.3, -0.25) is 4.79 Å². The van der Waals surface area contributed by atoms with Gasteiger partial charge in [-0.15, -0.1) is 0 Å². The monoisotopic (exact) mass is 290 g/mol. The summed E-state index contributed by atoms with van der Waals surface area (Å²) in [4.78, 5) is 11.8. The second-order valence-corrected chi connectivity index (χ2v) is 6.89. The number of ether oxygens (including phenoxy) is 1. The minimum atomic E-state index is -3.49. The lowest BCUT2D eigenvalue weighted by molar-refractivity contribution is -0.121. The Hall–Kier alpha value is -0.500. The molecule has 0 aromatic carbocycles. The van der Waals surface area contributed by atoms with Crippen LogP contribution in [0.3, 0.4) is 0 Å². The SMILES string of the molecule is COCCNS(=O)(=O)N1CCCC1C1CCCC1=O. The fraction of sp³-hybridized carbons (Fsp3) is 0.917. The van der Waals surface area contributed by atoms with E-state index in [4.69, 9.17) is 4.74 Å². The van der Waals surface area contributed by atoms with E-state index in [1.165, 1.54) is 11.4 Å². The van der Waals surface area contributed by atoms with Crippen molar-refractivity contribution in [3.05, 3.63) is 0 Å². The summed E-state index contributed by atoms with van der Waals surface area (Å²) in [6.07, 6.45) is 3.95. The molecule has 1 saturated carbocycles. The van der Waals surface area contributed by atoms with E-state index < -0.39 is 10.2 Å². The lowest BCUT2D eigenvalue weighted by Gasteiger charge is -2.27. The molecular weight excluding hydrogens is 268 g/mol. The number of rotatable bonds is 6. The first-order valence-corrected chi connectivity index (χ1v) is 8.28. The van der Waals surface area contributed by atoms with E-state index in [0.717, 1.165) is 25.7 Å². The van der Waals surface area contributed by atoms with E-state index in [0.29, 0.717) is 19.6 Å². The molecule has 2 atom stereocenters. The molecule has 0 aromatic rings. The maximum Gasteiger partial charge on any atom is 0.279 e. The van der Waals surface area contributed by atoms with Crippen LogP contribution in [0.25, 0.3) is 0 Å². The number of hydrogen-bond donors (Lipinski definition) is 1. The van der Waals surface area contributed by atoms with E-state index in [-0.39, 0.29) is 24.3 Å². The third-order valence-electron chi connectivity index (χ3n) is 3.96. The number of ketones is 1. The molecule has 0 bridgehead atoms. The Morgan fingerprint density at radius 3 is 2.79 bits per heavy atom. The Balaban J connectivity index is 2.03. The van der Waals surface area contributed by atoms with E-state index >= 15 is 0 Å². The van der Waals surface area contributed by atoms with Crippen molar-refractivity contribution in [2.75, 3.05) is 26.8 Å². The van der Waals surface area contributed by atoms with Crippen LogP contribution in [0.1, 0.15) is 32.1 Å². The van der Waals surface area contributed by atoms with Gasteiger partial charge >= 0.3 is 0 Å². The van der Waals surface area contributed by atoms with E-state index in [9.17, 15) is 13.2 Å². The summed E-state index contributed by atoms with van der Waals surface area (Å²) in [5, 5.41) is 0. The van der Waals surface area contributed by atoms with Gasteiger partial charge in [-0.25, -0.2) is 0 Å². The van der Waals surface area contributed by atoms with Gasteiger partial charge in [0.15, 0.2) is 0 Å². The standard InChI is InChI=1S/C12H22N2O4S/c1-18-9-7-13-19(16,17)14-8-3-5-11(14)10-4-2-6-12(10)15/h10-11,13H,2-9H2,1H3. The highest BCUT2D eigenvalue weighted by Gasteiger charge is 2.42. The molecule has 0 aromatic heterocycles. The van der Waals surface area contributed by atoms with Gasteiger partial charge in [0.05, 0.1) is 6.61 Å². The molecule has 7 heteroatoms. The number of methoxy groups -OCH3 is 1. The lowest BCUT2D eigenvalue weighted by atomic mass is 9.96. The van der Waals surface area contributed by atoms with E-state index in [2.05, 4.69) is 4.72 Å². The summed E-state index contributed by atoms with van der Waals surface area (Å²) in [7, 11) is -1.96. The average Bonchev–Trinajstić information content (AvgIpc) is 2.97. The van der Waals surface area contributed by atoms with Gasteiger partial charge in [-0.2, -0.15) is 17.4 Å². The molecular formula is C12H22N2O4S.